The van der Waals surface area contributed by atoms with Crippen LogP contribution in [0.25, 0.3) is 20.4 Å². The number of anilines is 1. The fourth-order valence-electron chi connectivity index (χ4n) is 2.86. The van der Waals surface area contributed by atoms with Crippen LogP contribution in [0.4, 0.5) is 10.2 Å². The minimum Gasteiger partial charge on any atom is -0.365 e. The molecule has 0 bridgehead atoms. The summed E-state index contributed by atoms with van der Waals surface area (Å²) in [6, 6.07) is 8.79. The van der Waals surface area contributed by atoms with Crippen LogP contribution < -0.4 is 5.32 Å². The zero-order valence-corrected chi connectivity index (χ0v) is 14.1. The molecule has 0 fully saturated rings. The van der Waals surface area contributed by atoms with E-state index in [2.05, 4.69) is 33.3 Å². The Bertz CT molecular complexity index is 1060. The van der Waals surface area contributed by atoms with Gasteiger partial charge in [0.05, 0.1) is 10.2 Å². The number of hydrogen-bond donors (Lipinski definition) is 1. The third-order valence-corrected chi connectivity index (χ3v) is 5.03. The molecular formula is C18H15FN4S. The molecule has 0 saturated heterocycles. The molecule has 120 valence electrons. The van der Waals surface area contributed by atoms with Gasteiger partial charge < -0.3 is 5.32 Å². The fraction of sp³-hybridized carbons (Fsp3) is 0.167. The van der Waals surface area contributed by atoms with E-state index in [4.69, 9.17) is 0 Å². The molecule has 0 amide bonds. The molecule has 0 aliphatic carbocycles. The van der Waals surface area contributed by atoms with Crippen molar-refractivity contribution in [3.05, 3.63) is 59.3 Å². The first-order chi connectivity index (χ1) is 11.6. The van der Waals surface area contributed by atoms with Crippen LogP contribution in [-0.2, 0) is 6.54 Å². The highest BCUT2D eigenvalue weighted by atomic mass is 32.1. The zero-order valence-electron chi connectivity index (χ0n) is 13.3. The molecule has 4 rings (SSSR count). The number of aromatic nitrogens is 3. The highest BCUT2D eigenvalue weighted by molar-refractivity contribution is 7.26. The lowest BCUT2D eigenvalue weighted by molar-refractivity contribution is 0.613. The predicted octanol–water partition coefficient (Wildman–Crippen LogP) is 4.61. The van der Waals surface area contributed by atoms with E-state index in [9.17, 15) is 4.39 Å². The Morgan fingerprint density at radius 3 is 2.83 bits per heavy atom. The van der Waals surface area contributed by atoms with Gasteiger partial charge in [-0.25, -0.2) is 19.3 Å². The molecule has 3 aromatic heterocycles. The van der Waals surface area contributed by atoms with Gasteiger partial charge in [0.1, 0.15) is 22.8 Å². The minimum atomic E-state index is -0.222. The van der Waals surface area contributed by atoms with Crippen LogP contribution in [0, 0.1) is 19.7 Å². The summed E-state index contributed by atoms with van der Waals surface area (Å²) in [4.78, 5) is 14.3. The highest BCUT2D eigenvalue weighted by Gasteiger charge is 2.14. The molecule has 3 heterocycles. The van der Waals surface area contributed by atoms with E-state index in [0.717, 1.165) is 31.7 Å². The molecule has 4 nitrogen and oxygen atoms in total. The molecule has 6 heteroatoms. The van der Waals surface area contributed by atoms with Crippen molar-refractivity contribution in [2.45, 2.75) is 20.4 Å². The van der Waals surface area contributed by atoms with Crippen LogP contribution in [-0.4, -0.2) is 15.0 Å². The van der Waals surface area contributed by atoms with E-state index in [1.54, 1.807) is 23.5 Å². The Balaban J connectivity index is 1.79. The molecule has 0 unspecified atom stereocenters. The normalized spacial score (nSPS) is 11.3. The number of fused-ring (bicyclic) bond motifs is 3. The molecule has 4 aromatic rings. The zero-order chi connectivity index (χ0) is 16.7. The lowest BCUT2D eigenvalue weighted by atomic mass is 10.1. The average molecular weight is 338 g/mol. The van der Waals surface area contributed by atoms with E-state index < -0.39 is 0 Å². The largest absolute Gasteiger partial charge is 0.365 e. The maximum absolute atomic E-state index is 13.8. The second-order valence-electron chi connectivity index (χ2n) is 5.71. The Labute approximate surface area is 142 Å². The maximum Gasteiger partial charge on any atom is 0.147 e. The summed E-state index contributed by atoms with van der Waals surface area (Å²) in [5.41, 5.74) is 3.64. The van der Waals surface area contributed by atoms with Gasteiger partial charge in [-0.05, 0) is 31.5 Å². The molecule has 0 aliphatic heterocycles. The number of benzene rings is 1. The molecule has 0 atom stereocenters. The first-order valence-electron chi connectivity index (χ1n) is 7.62. The minimum absolute atomic E-state index is 0.222. The van der Waals surface area contributed by atoms with Gasteiger partial charge in [0, 0.05) is 23.2 Å². The summed E-state index contributed by atoms with van der Waals surface area (Å²) in [5.74, 6) is 0.489. The lowest BCUT2D eigenvalue weighted by Gasteiger charge is -2.07. The molecule has 0 saturated carbocycles. The van der Waals surface area contributed by atoms with Gasteiger partial charge >= 0.3 is 0 Å². The summed E-state index contributed by atoms with van der Waals surface area (Å²) >= 11 is 1.56. The van der Waals surface area contributed by atoms with Crippen LogP contribution in [0.3, 0.4) is 0 Å². The summed E-state index contributed by atoms with van der Waals surface area (Å²) in [5, 5.41) is 4.30. The van der Waals surface area contributed by atoms with Gasteiger partial charge in [0.15, 0.2) is 0 Å². The van der Waals surface area contributed by atoms with Gasteiger partial charge in [-0.15, -0.1) is 11.3 Å². The predicted molar refractivity (Wildman–Crippen MR) is 95.9 cm³/mol. The molecule has 1 N–H and O–H groups in total. The standard InChI is InChI=1S/C18H15FN4S/c1-10-7-11(2)23-18-14(10)15-16(24-18)17(22-9-21-15)20-8-12-5-3-4-6-13(12)19/h3-7,9H,8H2,1-2H3,(H,20,21,22). The van der Waals surface area contributed by atoms with Crippen LogP contribution in [0.2, 0.25) is 0 Å². The fourth-order valence-corrected chi connectivity index (χ4v) is 4.07. The van der Waals surface area contributed by atoms with Gasteiger partial charge in [0.25, 0.3) is 0 Å². The summed E-state index contributed by atoms with van der Waals surface area (Å²) < 4.78 is 14.7. The van der Waals surface area contributed by atoms with E-state index in [-0.39, 0.29) is 5.82 Å². The van der Waals surface area contributed by atoms with Crippen molar-refractivity contribution in [3.8, 4) is 0 Å². The van der Waals surface area contributed by atoms with Crippen molar-refractivity contribution in [3.63, 3.8) is 0 Å². The molecule has 0 spiro atoms. The van der Waals surface area contributed by atoms with Gasteiger partial charge in [0.2, 0.25) is 0 Å². The maximum atomic E-state index is 13.8. The summed E-state index contributed by atoms with van der Waals surface area (Å²) in [7, 11) is 0. The lowest BCUT2D eigenvalue weighted by Crippen LogP contribution is -2.03. The third kappa shape index (κ3) is 2.49. The number of nitrogens with zero attached hydrogens (tertiary/aromatic N) is 3. The van der Waals surface area contributed by atoms with Crippen molar-refractivity contribution in [2.75, 3.05) is 5.32 Å². The third-order valence-electron chi connectivity index (χ3n) is 3.95. The Morgan fingerprint density at radius 1 is 1.17 bits per heavy atom. The summed E-state index contributed by atoms with van der Waals surface area (Å²) in [6.07, 6.45) is 1.54. The number of thiophene rings is 1. The van der Waals surface area contributed by atoms with Crippen molar-refractivity contribution >= 4 is 37.6 Å². The number of rotatable bonds is 3. The highest BCUT2D eigenvalue weighted by Crippen LogP contribution is 2.36. The van der Waals surface area contributed by atoms with E-state index in [0.29, 0.717) is 17.9 Å². The molecule has 24 heavy (non-hydrogen) atoms. The Morgan fingerprint density at radius 2 is 2.00 bits per heavy atom. The van der Waals surface area contributed by atoms with Crippen LogP contribution >= 0.6 is 11.3 Å². The molecule has 0 radical (unpaired) electrons. The second kappa shape index (κ2) is 5.79. The Kier molecular flexibility index (Phi) is 3.61. The number of halogens is 1. The summed E-state index contributed by atoms with van der Waals surface area (Å²) in [6.45, 7) is 4.43. The molecule has 1 aromatic carbocycles. The second-order valence-corrected chi connectivity index (χ2v) is 6.71. The van der Waals surface area contributed by atoms with Gasteiger partial charge in [-0.1, -0.05) is 18.2 Å². The Hall–Kier alpha value is -2.60. The van der Waals surface area contributed by atoms with Gasteiger partial charge in [-0.2, -0.15) is 0 Å². The van der Waals surface area contributed by atoms with Crippen molar-refractivity contribution < 1.29 is 4.39 Å². The quantitative estimate of drug-likeness (QED) is 0.593. The molecular weight excluding hydrogens is 323 g/mol. The smallest absolute Gasteiger partial charge is 0.147 e. The number of nitrogens with one attached hydrogen (secondary N) is 1. The van der Waals surface area contributed by atoms with E-state index >= 15 is 0 Å². The first kappa shape index (κ1) is 15.0. The average Bonchev–Trinajstić information content (AvgIpc) is 2.93. The van der Waals surface area contributed by atoms with Crippen molar-refractivity contribution in [1.29, 1.82) is 0 Å². The van der Waals surface area contributed by atoms with Crippen molar-refractivity contribution in [1.82, 2.24) is 15.0 Å². The van der Waals surface area contributed by atoms with E-state index in [1.165, 1.54) is 12.4 Å². The molecule has 0 aliphatic rings. The van der Waals surface area contributed by atoms with Crippen LogP contribution in [0.15, 0.2) is 36.7 Å². The first-order valence-corrected chi connectivity index (χ1v) is 8.44. The SMILES string of the molecule is Cc1cc(C)c2c(n1)sc1c(NCc3ccccc3F)ncnc12. The number of aryl methyl sites for hydroxylation is 2. The van der Waals surface area contributed by atoms with Crippen molar-refractivity contribution in [2.24, 2.45) is 0 Å². The van der Waals surface area contributed by atoms with E-state index in [1.807, 2.05) is 13.0 Å². The monoisotopic (exact) mass is 338 g/mol. The number of hydrogen-bond acceptors (Lipinski definition) is 5. The topological polar surface area (TPSA) is 50.7 Å². The van der Waals surface area contributed by atoms with Crippen LogP contribution in [0.5, 0.6) is 0 Å². The van der Waals surface area contributed by atoms with Gasteiger partial charge in [-0.3, -0.25) is 0 Å². The van der Waals surface area contributed by atoms with Crippen LogP contribution in [0.1, 0.15) is 16.8 Å². The number of pyridine rings is 1.